The average molecular weight is 331 g/mol. The fourth-order valence-corrected chi connectivity index (χ4v) is 3.44. The fourth-order valence-electron chi connectivity index (χ4n) is 2.66. The van der Waals surface area contributed by atoms with Crippen molar-refractivity contribution in [2.24, 2.45) is 0 Å². The topological polar surface area (TPSA) is 64.1 Å². The predicted molar refractivity (Wildman–Crippen MR) is 89.4 cm³/mol. The lowest BCUT2D eigenvalue weighted by atomic mass is 9.95. The van der Waals surface area contributed by atoms with E-state index in [0.717, 1.165) is 47.0 Å². The minimum atomic E-state index is -0.380. The zero-order valence-electron chi connectivity index (χ0n) is 13.5. The number of nitrogens with one attached hydrogen (secondary N) is 1. The summed E-state index contributed by atoms with van der Waals surface area (Å²) in [4.78, 5) is 22.8. The lowest BCUT2D eigenvalue weighted by Crippen LogP contribution is -2.32. The van der Waals surface area contributed by atoms with E-state index in [-0.39, 0.29) is 11.5 Å². The Kier molecular flexibility index (Phi) is 4.73. The van der Waals surface area contributed by atoms with E-state index >= 15 is 0 Å². The molecular weight excluding hydrogens is 310 g/mol. The number of amides is 1. The van der Waals surface area contributed by atoms with Crippen molar-refractivity contribution < 1.29 is 9.53 Å². The molecule has 1 aliphatic rings. The maximum absolute atomic E-state index is 12.0. The molecule has 3 heterocycles. The molecule has 122 valence electrons. The molecule has 23 heavy (non-hydrogen) atoms. The van der Waals surface area contributed by atoms with Gasteiger partial charge in [0.15, 0.2) is 5.82 Å². The van der Waals surface area contributed by atoms with E-state index in [1.54, 1.807) is 12.4 Å². The predicted octanol–water partition coefficient (Wildman–Crippen LogP) is 3.19. The molecule has 1 amide bonds. The molecule has 1 fully saturated rings. The van der Waals surface area contributed by atoms with E-state index in [4.69, 9.17) is 4.74 Å². The van der Waals surface area contributed by atoms with Gasteiger partial charge in [0.25, 0.3) is 5.91 Å². The third-order valence-electron chi connectivity index (χ3n) is 4.06. The van der Waals surface area contributed by atoms with Crippen LogP contribution in [0.5, 0.6) is 0 Å². The molecule has 3 rings (SSSR count). The summed E-state index contributed by atoms with van der Waals surface area (Å²) in [6.07, 6.45) is 6.72. The zero-order chi connectivity index (χ0) is 16.3. The maximum atomic E-state index is 12.0. The smallest absolute Gasteiger partial charge is 0.261 e. The van der Waals surface area contributed by atoms with Gasteiger partial charge in [0.1, 0.15) is 5.60 Å². The number of ether oxygens (including phenoxy) is 1. The van der Waals surface area contributed by atoms with Crippen LogP contribution in [-0.2, 0) is 16.9 Å². The van der Waals surface area contributed by atoms with Gasteiger partial charge in [0.05, 0.1) is 4.88 Å². The fraction of sp³-hybridized carbons (Fsp3) is 0.471. The Balaban J connectivity index is 1.60. The first-order valence-corrected chi connectivity index (χ1v) is 8.68. The van der Waals surface area contributed by atoms with Gasteiger partial charge in [-0.2, -0.15) is 0 Å². The molecule has 0 aliphatic carbocycles. The molecule has 0 saturated carbocycles. The molecule has 1 unspecified atom stereocenters. The van der Waals surface area contributed by atoms with Gasteiger partial charge in [0.2, 0.25) is 0 Å². The Morgan fingerprint density at radius 2 is 2.13 bits per heavy atom. The van der Waals surface area contributed by atoms with Gasteiger partial charge in [-0.25, -0.2) is 9.97 Å². The van der Waals surface area contributed by atoms with Crippen molar-refractivity contribution in [2.45, 2.75) is 45.3 Å². The first-order valence-electron chi connectivity index (χ1n) is 7.87. The molecule has 1 aliphatic heterocycles. The molecule has 6 heteroatoms. The molecule has 0 spiro atoms. The molecule has 2 aromatic rings. The summed E-state index contributed by atoms with van der Waals surface area (Å²) < 4.78 is 5.86. The number of aromatic nitrogens is 2. The summed E-state index contributed by atoms with van der Waals surface area (Å²) in [6.45, 7) is 5.22. The van der Waals surface area contributed by atoms with Crippen LogP contribution in [0.2, 0.25) is 0 Å². The minimum absolute atomic E-state index is 0.0604. The monoisotopic (exact) mass is 331 g/mol. The minimum Gasteiger partial charge on any atom is -0.367 e. The Hall–Kier alpha value is -1.79. The number of aryl methyl sites for hydroxylation is 1. The van der Waals surface area contributed by atoms with Crippen LogP contribution < -0.4 is 5.32 Å². The third kappa shape index (κ3) is 3.76. The van der Waals surface area contributed by atoms with Gasteiger partial charge in [0, 0.05) is 36.0 Å². The number of carbonyl (C=O) groups is 1. The Morgan fingerprint density at radius 1 is 1.35 bits per heavy atom. The van der Waals surface area contributed by atoms with E-state index in [0.29, 0.717) is 6.54 Å². The highest BCUT2D eigenvalue weighted by molar-refractivity contribution is 7.13. The first kappa shape index (κ1) is 16.1. The third-order valence-corrected chi connectivity index (χ3v) is 5.06. The van der Waals surface area contributed by atoms with Crippen LogP contribution in [0, 0.1) is 6.92 Å². The van der Waals surface area contributed by atoms with Crippen LogP contribution in [0.4, 0.5) is 0 Å². The van der Waals surface area contributed by atoms with Crippen LogP contribution in [-0.4, -0.2) is 22.5 Å². The Bertz CT molecular complexity index is 675. The Morgan fingerprint density at radius 3 is 2.74 bits per heavy atom. The molecular formula is C17H21N3O2S. The number of rotatable bonds is 4. The van der Waals surface area contributed by atoms with Crippen LogP contribution >= 0.6 is 11.3 Å². The summed E-state index contributed by atoms with van der Waals surface area (Å²) >= 11 is 1.49. The summed E-state index contributed by atoms with van der Waals surface area (Å²) in [6, 6.07) is 3.79. The van der Waals surface area contributed by atoms with Crippen LogP contribution in [0.3, 0.4) is 0 Å². The van der Waals surface area contributed by atoms with Crippen molar-refractivity contribution in [3.05, 3.63) is 45.7 Å². The quantitative estimate of drug-likeness (QED) is 0.934. The van der Waals surface area contributed by atoms with Gasteiger partial charge in [-0.05, 0) is 45.2 Å². The lowest BCUT2D eigenvalue weighted by Gasteiger charge is -2.32. The second-order valence-electron chi connectivity index (χ2n) is 6.04. The summed E-state index contributed by atoms with van der Waals surface area (Å²) in [5.74, 6) is 0.663. The SMILES string of the molecule is Cc1ccc(C(=O)NCc2cnc(C3(C)CCCCO3)nc2)s1. The lowest BCUT2D eigenvalue weighted by molar-refractivity contribution is -0.0760. The number of carbonyl (C=O) groups excluding carboxylic acids is 1. The molecule has 0 aromatic carbocycles. The maximum Gasteiger partial charge on any atom is 0.261 e. The van der Waals surface area contributed by atoms with Crippen molar-refractivity contribution in [1.29, 1.82) is 0 Å². The van der Waals surface area contributed by atoms with Crippen LogP contribution in [0.15, 0.2) is 24.5 Å². The van der Waals surface area contributed by atoms with Crippen molar-refractivity contribution >= 4 is 17.2 Å². The second-order valence-corrected chi connectivity index (χ2v) is 7.33. The van der Waals surface area contributed by atoms with Crippen molar-refractivity contribution in [2.75, 3.05) is 6.61 Å². The van der Waals surface area contributed by atoms with Gasteiger partial charge < -0.3 is 10.1 Å². The van der Waals surface area contributed by atoms with Crippen molar-refractivity contribution in [3.63, 3.8) is 0 Å². The highest BCUT2D eigenvalue weighted by Gasteiger charge is 2.32. The van der Waals surface area contributed by atoms with Crippen LogP contribution in [0.25, 0.3) is 0 Å². The summed E-state index contributed by atoms with van der Waals surface area (Å²) in [5, 5.41) is 2.90. The van der Waals surface area contributed by atoms with Gasteiger partial charge >= 0.3 is 0 Å². The summed E-state index contributed by atoms with van der Waals surface area (Å²) in [7, 11) is 0. The first-order chi connectivity index (χ1) is 11.1. The molecule has 1 atom stereocenters. The molecule has 0 bridgehead atoms. The molecule has 1 saturated heterocycles. The zero-order valence-corrected chi connectivity index (χ0v) is 14.3. The molecule has 2 aromatic heterocycles. The van der Waals surface area contributed by atoms with E-state index in [1.165, 1.54) is 11.3 Å². The highest BCUT2D eigenvalue weighted by atomic mass is 32.1. The second kappa shape index (κ2) is 6.76. The van der Waals surface area contributed by atoms with E-state index < -0.39 is 0 Å². The number of hydrogen-bond donors (Lipinski definition) is 1. The number of nitrogens with zero attached hydrogens (tertiary/aromatic N) is 2. The Labute approximate surface area is 140 Å². The van der Waals surface area contributed by atoms with Gasteiger partial charge in [-0.3, -0.25) is 4.79 Å². The van der Waals surface area contributed by atoms with Crippen molar-refractivity contribution in [3.8, 4) is 0 Å². The molecule has 0 radical (unpaired) electrons. The summed E-state index contributed by atoms with van der Waals surface area (Å²) in [5.41, 5.74) is 0.504. The average Bonchev–Trinajstić information content (AvgIpc) is 3.00. The van der Waals surface area contributed by atoms with E-state index in [1.807, 2.05) is 26.0 Å². The van der Waals surface area contributed by atoms with E-state index in [9.17, 15) is 4.79 Å². The highest BCUT2D eigenvalue weighted by Crippen LogP contribution is 2.32. The number of thiophene rings is 1. The largest absolute Gasteiger partial charge is 0.367 e. The molecule has 5 nitrogen and oxygen atoms in total. The number of hydrogen-bond acceptors (Lipinski definition) is 5. The molecule has 1 N–H and O–H groups in total. The van der Waals surface area contributed by atoms with Crippen molar-refractivity contribution in [1.82, 2.24) is 15.3 Å². The normalized spacial score (nSPS) is 21.1. The standard InChI is InChI=1S/C17H21N3O2S/c1-12-5-6-14(23-12)15(21)18-9-13-10-19-16(20-11-13)17(2)7-3-4-8-22-17/h5-6,10-11H,3-4,7-9H2,1-2H3,(H,18,21). The van der Waals surface area contributed by atoms with E-state index in [2.05, 4.69) is 15.3 Å². The van der Waals surface area contributed by atoms with Gasteiger partial charge in [-0.1, -0.05) is 0 Å². The van der Waals surface area contributed by atoms with Crippen LogP contribution in [0.1, 0.15) is 52.1 Å². The van der Waals surface area contributed by atoms with Gasteiger partial charge in [-0.15, -0.1) is 11.3 Å².